The first-order valence-electron chi connectivity index (χ1n) is 7.84. The number of hydroxylamine groups is 1. The van der Waals surface area contributed by atoms with Crippen LogP contribution in [0.2, 0.25) is 0 Å². The predicted molar refractivity (Wildman–Crippen MR) is 102 cm³/mol. The molecule has 0 unspecified atom stereocenters. The topological polar surface area (TPSA) is 82.1 Å². The molecule has 0 aliphatic rings. The Labute approximate surface area is 163 Å². The molecule has 0 spiro atoms. The number of ether oxygens (including phenoxy) is 2. The molecule has 146 valence electrons. The molecule has 27 heavy (non-hydrogen) atoms. The lowest BCUT2D eigenvalue weighted by atomic mass is 10.2. The molecule has 2 aromatic carbocycles. The summed E-state index contributed by atoms with van der Waals surface area (Å²) < 4.78 is 36.1. The molecule has 7 nitrogen and oxygen atoms in total. The van der Waals surface area contributed by atoms with E-state index in [2.05, 4.69) is 0 Å². The van der Waals surface area contributed by atoms with Gasteiger partial charge in [-0.3, -0.25) is 4.84 Å². The Morgan fingerprint density at radius 1 is 1.11 bits per heavy atom. The van der Waals surface area contributed by atoms with Crippen molar-refractivity contribution in [3.8, 4) is 5.75 Å². The van der Waals surface area contributed by atoms with E-state index >= 15 is 0 Å². The fourth-order valence-electron chi connectivity index (χ4n) is 2.20. The maximum absolute atomic E-state index is 12.5. The van der Waals surface area contributed by atoms with Crippen molar-refractivity contribution in [3.63, 3.8) is 0 Å². The first-order chi connectivity index (χ1) is 12.8. The Bertz CT molecular complexity index is 897. The van der Waals surface area contributed by atoms with E-state index < -0.39 is 16.0 Å². The van der Waals surface area contributed by atoms with Crippen LogP contribution in [0.25, 0.3) is 0 Å². The molecule has 0 fully saturated rings. The number of carbonyl (C=O) groups excluding carboxylic acids is 1. The normalized spacial score (nSPS) is 11.4. The molecule has 9 heteroatoms. The molecule has 0 atom stereocenters. The van der Waals surface area contributed by atoms with Crippen LogP contribution in [0, 0.1) is 0 Å². The monoisotopic (exact) mass is 411 g/mol. The van der Waals surface area contributed by atoms with Crippen LogP contribution in [0.4, 0.5) is 0 Å². The van der Waals surface area contributed by atoms with Gasteiger partial charge in [0.15, 0.2) is 0 Å². The highest BCUT2D eigenvalue weighted by molar-refractivity contribution is 7.98. The van der Waals surface area contributed by atoms with Crippen LogP contribution in [0.1, 0.15) is 15.9 Å². The zero-order valence-corrected chi connectivity index (χ0v) is 17.1. The van der Waals surface area contributed by atoms with Crippen molar-refractivity contribution in [2.24, 2.45) is 0 Å². The molecule has 0 radical (unpaired) electrons. The van der Waals surface area contributed by atoms with Gasteiger partial charge in [-0.2, -0.15) is 0 Å². The molecule has 2 aromatic rings. The van der Waals surface area contributed by atoms with Gasteiger partial charge in [-0.15, -0.1) is 11.8 Å². The number of esters is 1. The summed E-state index contributed by atoms with van der Waals surface area (Å²) in [6.45, 7) is 0.0829. The van der Waals surface area contributed by atoms with Gasteiger partial charge in [-0.05, 0) is 42.2 Å². The van der Waals surface area contributed by atoms with E-state index in [4.69, 9.17) is 14.3 Å². The van der Waals surface area contributed by atoms with Gasteiger partial charge in [0.2, 0.25) is 0 Å². The van der Waals surface area contributed by atoms with Gasteiger partial charge in [0.25, 0.3) is 10.0 Å². The summed E-state index contributed by atoms with van der Waals surface area (Å²) in [7, 11) is -0.167. The summed E-state index contributed by atoms with van der Waals surface area (Å²) in [6.07, 6.45) is 1.98. The van der Waals surface area contributed by atoms with E-state index in [1.807, 2.05) is 30.5 Å². The second-order valence-electron chi connectivity index (χ2n) is 5.39. The number of methoxy groups -OCH3 is 1. The molecule has 0 saturated heterocycles. The molecule has 0 aromatic heterocycles. The van der Waals surface area contributed by atoms with Crippen LogP contribution in [0.5, 0.6) is 5.75 Å². The number of carbonyl (C=O) groups is 1. The second kappa shape index (κ2) is 9.23. The summed E-state index contributed by atoms with van der Waals surface area (Å²) in [5, 5.41) is 0. The van der Waals surface area contributed by atoms with Crippen LogP contribution in [-0.2, 0) is 26.2 Å². The zero-order chi connectivity index (χ0) is 20.0. The lowest BCUT2D eigenvalue weighted by Crippen LogP contribution is -2.26. The van der Waals surface area contributed by atoms with E-state index in [-0.39, 0.29) is 22.8 Å². The van der Waals surface area contributed by atoms with E-state index in [1.165, 1.54) is 39.5 Å². The lowest BCUT2D eigenvalue weighted by Gasteiger charge is -2.17. The van der Waals surface area contributed by atoms with Gasteiger partial charge in [0, 0.05) is 11.9 Å². The molecular weight excluding hydrogens is 390 g/mol. The highest BCUT2D eigenvalue weighted by Crippen LogP contribution is 2.28. The van der Waals surface area contributed by atoms with E-state index in [0.717, 1.165) is 10.5 Å². The molecule has 0 heterocycles. The number of hydrogen-bond donors (Lipinski definition) is 0. The smallest absolute Gasteiger partial charge is 0.338 e. The quantitative estimate of drug-likeness (QED) is 0.375. The molecule has 2 rings (SSSR count). The molecular formula is C18H21NO6S2. The van der Waals surface area contributed by atoms with Crippen molar-refractivity contribution < 1.29 is 27.5 Å². The average Bonchev–Trinajstić information content (AvgIpc) is 2.71. The number of rotatable bonds is 8. The fraction of sp³-hybridized carbons (Fsp3) is 0.278. The SMILES string of the molecule is COc1ccc(C(=O)OCc2ccc(SC)cc2)cc1S(=O)(=O)N(C)OC. The minimum absolute atomic E-state index is 0.0829. The first kappa shape index (κ1) is 21.2. The van der Waals surface area contributed by atoms with Crippen molar-refractivity contribution in [1.29, 1.82) is 0 Å². The van der Waals surface area contributed by atoms with Gasteiger partial charge >= 0.3 is 5.97 Å². The Hall–Kier alpha value is -2.07. The van der Waals surface area contributed by atoms with E-state index in [1.54, 1.807) is 11.8 Å². The number of hydrogen-bond acceptors (Lipinski definition) is 7. The summed E-state index contributed by atoms with van der Waals surface area (Å²) in [5.41, 5.74) is 0.932. The summed E-state index contributed by atoms with van der Waals surface area (Å²) in [5.74, 6) is -0.536. The summed E-state index contributed by atoms with van der Waals surface area (Å²) >= 11 is 1.62. The number of thioether (sulfide) groups is 1. The highest BCUT2D eigenvalue weighted by Gasteiger charge is 2.26. The minimum atomic E-state index is -3.99. The Balaban J connectivity index is 2.22. The molecule has 0 aliphatic carbocycles. The number of nitrogens with zero attached hydrogens (tertiary/aromatic N) is 1. The standard InChI is InChI=1S/C18H21NO6S2/c1-19(24-3)27(21,22)17-11-14(7-10-16(17)23-2)18(20)25-12-13-5-8-15(26-4)9-6-13/h5-11H,12H2,1-4H3. The average molecular weight is 412 g/mol. The number of sulfonamides is 1. The maximum atomic E-state index is 12.5. The first-order valence-corrected chi connectivity index (χ1v) is 10.5. The second-order valence-corrected chi connectivity index (χ2v) is 8.17. The zero-order valence-electron chi connectivity index (χ0n) is 15.5. The highest BCUT2D eigenvalue weighted by atomic mass is 32.2. The molecule has 0 amide bonds. The van der Waals surface area contributed by atoms with Crippen LogP contribution < -0.4 is 4.74 Å². The van der Waals surface area contributed by atoms with Gasteiger partial charge in [0.05, 0.1) is 19.8 Å². The van der Waals surface area contributed by atoms with Crippen molar-refractivity contribution in [1.82, 2.24) is 4.47 Å². The third-order valence-electron chi connectivity index (χ3n) is 3.80. The summed E-state index contributed by atoms with van der Waals surface area (Å²) in [6, 6.07) is 11.7. The predicted octanol–water partition coefficient (Wildman–Crippen LogP) is 2.96. The summed E-state index contributed by atoms with van der Waals surface area (Å²) in [4.78, 5) is 18.0. The fourth-order valence-corrected chi connectivity index (χ4v) is 3.76. The van der Waals surface area contributed by atoms with E-state index in [0.29, 0.717) is 4.47 Å². The van der Waals surface area contributed by atoms with Gasteiger partial charge < -0.3 is 9.47 Å². The molecule has 0 bridgehead atoms. The van der Waals surface area contributed by atoms with Gasteiger partial charge in [0.1, 0.15) is 17.3 Å². The lowest BCUT2D eigenvalue weighted by molar-refractivity contribution is -0.0259. The molecule has 0 saturated carbocycles. The van der Waals surface area contributed by atoms with Gasteiger partial charge in [-0.1, -0.05) is 16.6 Å². The van der Waals surface area contributed by atoms with Crippen molar-refractivity contribution in [3.05, 3.63) is 53.6 Å². The van der Waals surface area contributed by atoms with Crippen LogP contribution >= 0.6 is 11.8 Å². The van der Waals surface area contributed by atoms with E-state index in [9.17, 15) is 13.2 Å². The van der Waals surface area contributed by atoms with Crippen LogP contribution in [0.3, 0.4) is 0 Å². The third-order valence-corrected chi connectivity index (χ3v) is 6.25. The Morgan fingerprint density at radius 2 is 1.78 bits per heavy atom. The Morgan fingerprint density at radius 3 is 2.33 bits per heavy atom. The van der Waals surface area contributed by atoms with Crippen LogP contribution in [-0.4, -0.2) is 46.4 Å². The minimum Gasteiger partial charge on any atom is -0.495 e. The number of benzene rings is 2. The van der Waals surface area contributed by atoms with Crippen molar-refractivity contribution in [2.45, 2.75) is 16.4 Å². The third kappa shape index (κ3) is 5.01. The maximum Gasteiger partial charge on any atom is 0.338 e. The van der Waals surface area contributed by atoms with Crippen molar-refractivity contribution in [2.75, 3.05) is 27.5 Å². The largest absolute Gasteiger partial charge is 0.495 e. The van der Waals surface area contributed by atoms with Crippen molar-refractivity contribution >= 4 is 27.8 Å². The Kier molecular flexibility index (Phi) is 7.25. The molecule has 0 aliphatic heterocycles. The van der Waals surface area contributed by atoms with Crippen LogP contribution in [0.15, 0.2) is 52.3 Å². The molecule has 0 N–H and O–H groups in total. The van der Waals surface area contributed by atoms with Gasteiger partial charge in [-0.25, -0.2) is 13.2 Å².